The molecular weight excluding hydrogens is 534 g/mol. The smallest absolute Gasteiger partial charge is 0.411 e. The molecule has 1 fully saturated rings. The van der Waals surface area contributed by atoms with Crippen LogP contribution in [0.5, 0.6) is 0 Å². The van der Waals surface area contributed by atoms with Crippen LogP contribution < -0.4 is 0 Å². The molecule has 8 heteroatoms. The van der Waals surface area contributed by atoms with Crippen molar-refractivity contribution in [3.05, 3.63) is 0 Å². The lowest BCUT2D eigenvalue weighted by atomic mass is 9.87. The Bertz CT molecular complexity index is 766. The summed E-state index contributed by atoms with van der Waals surface area (Å²) in [4.78, 5) is 39.0. The van der Waals surface area contributed by atoms with E-state index >= 15 is 0 Å². The Balaban J connectivity index is 2.26. The van der Waals surface area contributed by atoms with E-state index in [1.807, 2.05) is 13.8 Å². The molecule has 8 nitrogen and oxygen atoms in total. The third kappa shape index (κ3) is 16.1. The molecule has 0 saturated carbocycles. The molecule has 0 radical (unpaired) electrons. The predicted molar refractivity (Wildman–Crippen MR) is 167 cm³/mol. The molecular formula is C34H63NO7. The second-order valence-corrected chi connectivity index (χ2v) is 13.9. The van der Waals surface area contributed by atoms with Gasteiger partial charge in [0.2, 0.25) is 0 Å². The summed E-state index contributed by atoms with van der Waals surface area (Å²) in [5.41, 5.74) is -1.20. The van der Waals surface area contributed by atoms with Crippen molar-refractivity contribution >= 4 is 18.0 Å². The van der Waals surface area contributed by atoms with Gasteiger partial charge in [0.1, 0.15) is 11.6 Å². The summed E-state index contributed by atoms with van der Waals surface area (Å²) in [6.07, 6.45) is 15.3. The molecule has 1 unspecified atom stereocenters. The first-order chi connectivity index (χ1) is 19.8. The number of aliphatic hydroxyl groups is 1. The molecule has 0 bridgehead atoms. The Kier molecular flexibility index (Phi) is 18.4. The Morgan fingerprint density at radius 2 is 1.36 bits per heavy atom. The van der Waals surface area contributed by atoms with Crippen molar-refractivity contribution in [1.82, 2.24) is 4.90 Å². The maximum atomic E-state index is 12.7. The number of hydrogen-bond acceptors (Lipinski definition) is 7. The van der Waals surface area contributed by atoms with Gasteiger partial charge in [-0.15, -0.1) is 0 Å². The summed E-state index contributed by atoms with van der Waals surface area (Å²) in [7, 11) is 0. The van der Waals surface area contributed by atoms with Crippen LogP contribution in [0, 0.1) is 11.3 Å². The molecule has 246 valence electrons. The van der Waals surface area contributed by atoms with Gasteiger partial charge in [-0.25, -0.2) is 9.59 Å². The van der Waals surface area contributed by atoms with Crippen molar-refractivity contribution in [3.63, 3.8) is 0 Å². The van der Waals surface area contributed by atoms with E-state index in [1.165, 1.54) is 56.3 Å². The molecule has 1 heterocycles. The van der Waals surface area contributed by atoms with Crippen LogP contribution in [-0.2, 0) is 23.8 Å². The highest BCUT2D eigenvalue weighted by Gasteiger charge is 2.41. The minimum absolute atomic E-state index is 0.0610. The van der Waals surface area contributed by atoms with E-state index in [2.05, 4.69) is 13.8 Å². The fraction of sp³-hybridized carbons (Fsp3) is 0.912. The van der Waals surface area contributed by atoms with Gasteiger partial charge >= 0.3 is 18.0 Å². The van der Waals surface area contributed by atoms with Crippen LogP contribution in [-0.4, -0.2) is 65.5 Å². The molecule has 42 heavy (non-hydrogen) atoms. The Morgan fingerprint density at radius 1 is 0.786 bits per heavy atom. The molecule has 0 spiro atoms. The number of amides is 1. The highest BCUT2D eigenvalue weighted by Crippen LogP contribution is 2.27. The second-order valence-electron chi connectivity index (χ2n) is 13.9. The number of likely N-dealkylation sites (tertiary alicyclic amines) is 1. The van der Waals surface area contributed by atoms with E-state index in [9.17, 15) is 19.5 Å². The van der Waals surface area contributed by atoms with Gasteiger partial charge in [0.15, 0.2) is 0 Å². The predicted octanol–water partition coefficient (Wildman–Crippen LogP) is 7.98. The molecule has 1 N–H and O–H groups in total. The van der Waals surface area contributed by atoms with Gasteiger partial charge in [-0.05, 0) is 66.2 Å². The van der Waals surface area contributed by atoms with Crippen LogP contribution in [0.15, 0.2) is 0 Å². The number of hydrogen-bond donors (Lipinski definition) is 1. The molecule has 1 aliphatic heterocycles. The maximum Gasteiger partial charge on any atom is 0.411 e. The average Bonchev–Trinajstić information content (AvgIpc) is 3.31. The van der Waals surface area contributed by atoms with Crippen molar-refractivity contribution in [3.8, 4) is 0 Å². The first-order valence-corrected chi connectivity index (χ1v) is 16.8. The Hall–Kier alpha value is -1.83. The number of unbranched alkanes of at least 4 members (excludes halogenated alkanes) is 7. The van der Waals surface area contributed by atoms with Crippen LogP contribution in [0.3, 0.4) is 0 Å². The number of rotatable bonds is 21. The average molecular weight is 598 g/mol. The van der Waals surface area contributed by atoms with E-state index in [1.54, 1.807) is 20.8 Å². The molecule has 0 aromatic carbocycles. The number of carbonyl (C=O) groups excluding carboxylic acids is 3. The van der Waals surface area contributed by atoms with Gasteiger partial charge < -0.3 is 19.3 Å². The van der Waals surface area contributed by atoms with Gasteiger partial charge in [-0.2, -0.15) is 0 Å². The van der Waals surface area contributed by atoms with Crippen molar-refractivity contribution in [2.75, 3.05) is 19.8 Å². The van der Waals surface area contributed by atoms with E-state index in [0.29, 0.717) is 13.0 Å². The number of nitrogens with zero attached hydrogens (tertiary/aromatic N) is 1. The molecule has 0 aromatic rings. The van der Waals surface area contributed by atoms with E-state index < -0.39 is 35.2 Å². The number of β-amino-alcohol motifs (C(OH)–C–C–N with tert-alkyl or cyclic N) is 1. The summed E-state index contributed by atoms with van der Waals surface area (Å²) in [6, 6.07) is -0.824. The molecule has 1 saturated heterocycles. The second kappa shape index (κ2) is 20.2. The lowest BCUT2D eigenvalue weighted by molar-refractivity contribution is -0.154. The van der Waals surface area contributed by atoms with Crippen molar-refractivity contribution in [2.24, 2.45) is 11.3 Å². The largest absolute Gasteiger partial charge is 0.465 e. The molecule has 1 aliphatic rings. The lowest BCUT2D eigenvalue weighted by Crippen LogP contribution is -2.44. The molecule has 0 aromatic heterocycles. The topological polar surface area (TPSA) is 102 Å². The number of carbonyl (C=O) groups is 3. The Morgan fingerprint density at radius 3 is 1.95 bits per heavy atom. The van der Waals surface area contributed by atoms with E-state index in [0.717, 1.165) is 44.4 Å². The van der Waals surface area contributed by atoms with Crippen molar-refractivity contribution in [2.45, 2.75) is 169 Å². The quantitative estimate of drug-likeness (QED) is 0.0813. The van der Waals surface area contributed by atoms with Crippen LogP contribution in [0.4, 0.5) is 4.79 Å². The zero-order valence-electron chi connectivity index (χ0n) is 28.0. The highest BCUT2D eigenvalue weighted by atomic mass is 16.6. The van der Waals surface area contributed by atoms with Gasteiger partial charge in [-0.3, -0.25) is 9.69 Å². The van der Waals surface area contributed by atoms with Gasteiger partial charge in [0.25, 0.3) is 0 Å². The van der Waals surface area contributed by atoms with E-state index in [-0.39, 0.29) is 25.5 Å². The SMILES string of the molecule is CCCCCC(CCCCC)CCCOC(=O)C(C)(C)CCCCCCOC(=O)[C@@H]1CC(O)CN1C(=O)OC(C)(C)C. The van der Waals surface area contributed by atoms with Crippen LogP contribution in [0.25, 0.3) is 0 Å². The maximum absolute atomic E-state index is 12.7. The van der Waals surface area contributed by atoms with Crippen molar-refractivity contribution < 1.29 is 33.7 Å². The Labute approximate surface area is 256 Å². The van der Waals surface area contributed by atoms with Gasteiger partial charge in [0, 0.05) is 6.42 Å². The van der Waals surface area contributed by atoms with Gasteiger partial charge in [0.05, 0.1) is 31.3 Å². The zero-order valence-corrected chi connectivity index (χ0v) is 28.0. The van der Waals surface area contributed by atoms with Crippen LogP contribution >= 0.6 is 0 Å². The third-order valence-corrected chi connectivity index (χ3v) is 8.09. The third-order valence-electron chi connectivity index (χ3n) is 8.09. The summed E-state index contributed by atoms with van der Waals surface area (Å²) in [5, 5.41) is 10.0. The molecule has 2 atom stereocenters. The fourth-order valence-electron chi connectivity index (χ4n) is 5.48. The van der Waals surface area contributed by atoms with Crippen molar-refractivity contribution in [1.29, 1.82) is 0 Å². The zero-order chi connectivity index (χ0) is 31.6. The lowest BCUT2D eigenvalue weighted by Gasteiger charge is -2.27. The highest BCUT2D eigenvalue weighted by molar-refractivity contribution is 5.82. The van der Waals surface area contributed by atoms with Crippen LogP contribution in [0.1, 0.15) is 151 Å². The van der Waals surface area contributed by atoms with E-state index in [4.69, 9.17) is 14.2 Å². The minimum atomic E-state index is -0.824. The standard InChI is InChI=1S/C34H63NO7/c1-8-10-14-19-27(20-15-11-9-2)21-18-24-41-31(38)34(6,7)22-16-12-13-17-23-40-30(37)29-25-28(36)26-35(29)32(39)42-33(3,4)5/h27-29,36H,8-26H2,1-7H3/t28?,29-/m0/s1. The first-order valence-electron chi connectivity index (χ1n) is 16.8. The van der Waals surface area contributed by atoms with Gasteiger partial charge in [-0.1, -0.05) is 84.5 Å². The summed E-state index contributed by atoms with van der Waals surface area (Å²) < 4.78 is 16.5. The first kappa shape index (κ1) is 38.2. The summed E-state index contributed by atoms with van der Waals surface area (Å²) in [5.74, 6) is 0.135. The number of ether oxygens (including phenoxy) is 3. The number of esters is 2. The van der Waals surface area contributed by atoms with Crippen LogP contribution in [0.2, 0.25) is 0 Å². The number of aliphatic hydroxyl groups excluding tert-OH is 1. The molecule has 1 amide bonds. The summed E-state index contributed by atoms with van der Waals surface area (Å²) >= 11 is 0. The fourth-order valence-corrected chi connectivity index (χ4v) is 5.48. The summed E-state index contributed by atoms with van der Waals surface area (Å²) in [6.45, 7) is 14.5. The molecule has 0 aliphatic carbocycles. The normalized spacial score (nSPS) is 17.5. The monoisotopic (exact) mass is 597 g/mol. The molecule has 1 rings (SSSR count). The minimum Gasteiger partial charge on any atom is -0.465 e.